The van der Waals surface area contributed by atoms with Crippen LogP contribution in [0.4, 0.5) is 0 Å². The van der Waals surface area contributed by atoms with Gasteiger partial charge in [-0.15, -0.1) is 0 Å². The second-order valence-corrected chi connectivity index (χ2v) is 8.40. The number of ether oxygens (including phenoxy) is 1. The van der Waals surface area contributed by atoms with Crippen LogP contribution in [0.15, 0.2) is 0 Å². The highest BCUT2D eigenvalue weighted by Crippen LogP contribution is 2.64. The summed E-state index contributed by atoms with van der Waals surface area (Å²) in [6, 6.07) is -0.841. The molecule has 3 N–H and O–H groups in total. The fraction of sp³-hybridized carbons (Fsp3) is 0.850. The lowest BCUT2D eigenvalue weighted by atomic mass is 9.65. The molecule has 8 nitrogen and oxygen atoms in total. The Morgan fingerprint density at radius 3 is 2.61 bits per heavy atom. The van der Waals surface area contributed by atoms with Crippen LogP contribution in [0.1, 0.15) is 52.9 Å². The van der Waals surface area contributed by atoms with Gasteiger partial charge in [0.1, 0.15) is 11.6 Å². The molecule has 0 radical (unpaired) electrons. The molecule has 3 fully saturated rings. The minimum absolute atomic E-state index is 0.0208. The summed E-state index contributed by atoms with van der Waals surface area (Å²) in [7, 11) is 1.56. The van der Waals surface area contributed by atoms with Crippen molar-refractivity contribution in [2.24, 2.45) is 11.8 Å². The molecule has 28 heavy (non-hydrogen) atoms. The van der Waals surface area contributed by atoms with Crippen molar-refractivity contribution >= 4 is 17.7 Å². The zero-order valence-electron chi connectivity index (χ0n) is 17.3. The molecule has 158 valence electrons. The van der Waals surface area contributed by atoms with Crippen LogP contribution in [0.25, 0.3) is 0 Å². The number of hydrogen-bond donors (Lipinski definition) is 3. The number of nitrogens with zero attached hydrogens (tertiary/aromatic N) is 1. The van der Waals surface area contributed by atoms with E-state index in [0.717, 1.165) is 12.8 Å². The zero-order valence-corrected chi connectivity index (χ0v) is 17.3. The molecule has 8 heteroatoms. The molecule has 3 rings (SSSR count). The molecule has 0 aromatic heterocycles. The zero-order chi connectivity index (χ0) is 20.7. The maximum absolute atomic E-state index is 13.4. The summed E-state index contributed by atoms with van der Waals surface area (Å²) in [4.78, 5) is 40.8. The fourth-order valence-corrected chi connectivity index (χ4v) is 5.75. The first-order chi connectivity index (χ1) is 13.3. The molecule has 3 aliphatic rings. The lowest BCUT2D eigenvalue weighted by Gasteiger charge is -2.34. The third-order valence-electron chi connectivity index (χ3n) is 6.91. The Balaban J connectivity index is 2.01. The first kappa shape index (κ1) is 21.0. The van der Waals surface area contributed by atoms with E-state index in [-0.39, 0.29) is 36.9 Å². The number of aliphatic hydroxyl groups is 1. The number of likely N-dealkylation sites (tertiary alicyclic amines) is 1. The van der Waals surface area contributed by atoms with Gasteiger partial charge in [-0.25, -0.2) is 0 Å². The third-order valence-corrected chi connectivity index (χ3v) is 6.91. The van der Waals surface area contributed by atoms with Crippen molar-refractivity contribution in [1.82, 2.24) is 15.5 Å². The van der Waals surface area contributed by atoms with Gasteiger partial charge in [0.15, 0.2) is 0 Å². The fourth-order valence-electron chi connectivity index (χ4n) is 5.75. The van der Waals surface area contributed by atoms with Gasteiger partial charge < -0.3 is 25.4 Å². The van der Waals surface area contributed by atoms with Crippen molar-refractivity contribution in [3.05, 3.63) is 0 Å². The highest BCUT2D eigenvalue weighted by molar-refractivity contribution is 5.99. The van der Waals surface area contributed by atoms with Gasteiger partial charge >= 0.3 is 0 Å². The van der Waals surface area contributed by atoms with Crippen molar-refractivity contribution in [2.75, 3.05) is 20.2 Å². The summed E-state index contributed by atoms with van der Waals surface area (Å²) in [6.45, 7) is 5.77. The summed E-state index contributed by atoms with van der Waals surface area (Å²) >= 11 is 0. The van der Waals surface area contributed by atoms with Crippen LogP contribution < -0.4 is 10.6 Å². The van der Waals surface area contributed by atoms with Gasteiger partial charge in [0.25, 0.3) is 0 Å². The Morgan fingerprint density at radius 1 is 1.32 bits per heavy atom. The molecule has 6 atom stereocenters. The summed E-state index contributed by atoms with van der Waals surface area (Å²) in [6.07, 6.45) is 3.59. The second kappa shape index (κ2) is 7.63. The standard InChI is InChI=1S/C20H33N3O5/c1-5-7-12(3)22-17(26)15-20-9-8-19(6-2,28-20)13(16(25)21-4)14(20)18(27)23(15)10-11-24/h12-15,24H,5-11H2,1-4H3,(H,21,25)(H,22,26)/t12?,13-,14-,15?,19+,20?/m0/s1. The first-order valence-corrected chi connectivity index (χ1v) is 10.4. The largest absolute Gasteiger partial charge is 0.395 e. The van der Waals surface area contributed by atoms with E-state index >= 15 is 0 Å². The van der Waals surface area contributed by atoms with Crippen molar-refractivity contribution in [3.8, 4) is 0 Å². The predicted octanol–water partition coefficient (Wildman–Crippen LogP) is 0.184. The molecular weight excluding hydrogens is 362 g/mol. The van der Waals surface area contributed by atoms with Gasteiger partial charge in [0, 0.05) is 19.6 Å². The van der Waals surface area contributed by atoms with Crippen LogP contribution in [-0.4, -0.2) is 71.2 Å². The molecule has 3 amide bonds. The van der Waals surface area contributed by atoms with Gasteiger partial charge in [0.2, 0.25) is 17.7 Å². The number of rotatable bonds is 8. The summed E-state index contributed by atoms with van der Waals surface area (Å²) in [5.74, 6) is -2.04. The number of nitrogens with one attached hydrogen (secondary N) is 2. The highest BCUT2D eigenvalue weighted by atomic mass is 16.5. The van der Waals surface area contributed by atoms with Crippen LogP contribution in [0.5, 0.6) is 0 Å². The normalized spacial score (nSPS) is 37.1. The van der Waals surface area contributed by atoms with Gasteiger partial charge in [-0.2, -0.15) is 0 Å². The number of carbonyl (C=O) groups is 3. The number of amides is 3. The van der Waals surface area contributed by atoms with E-state index in [1.165, 1.54) is 4.90 Å². The number of fused-ring (bicyclic) bond motifs is 1. The van der Waals surface area contributed by atoms with Gasteiger partial charge in [-0.3, -0.25) is 14.4 Å². The Morgan fingerprint density at radius 2 is 2.04 bits per heavy atom. The monoisotopic (exact) mass is 395 g/mol. The van der Waals surface area contributed by atoms with E-state index in [2.05, 4.69) is 17.6 Å². The molecule has 3 heterocycles. The van der Waals surface area contributed by atoms with E-state index in [0.29, 0.717) is 19.3 Å². The lowest BCUT2D eigenvalue weighted by Crippen LogP contribution is -2.56. The SMILES string of the molecule is CCCC(C)NC(=O)C1N(CCO)C(=O)[C@@H]2[C@@H](C(=O)NC)[C@@]3(CC)CCC12O3. The van der Waals surface area contributed by atoms with E-state index in [4.69, 9.17) is 4.74 Å². The average molecular weight is 396 g/mol. The summed E-state index contributed by atoms with van der Waals surface area (Å²) in [5, 5.41) is 15.2. The average Bonchev–Trinajstić information content (AvgIpc) is 3.26. The second-order valence-electron chi connectivity index (χ2n) is 8.40. The maximum Gasteiger partial charge on any atom is 0.246 e. The Kier molecular flexibility index (Phi) is 5.74. The third kappa shape index (κ3) is 2.84. The minimum atomic E-state index is -1.00. The molecule has 3 aliphatic heterocycles. The Bertz CT molecular complexity index is 656. The Hall–Kier alpha value is -1.67. The molecular formula is C20H33N3O5. The van der Waals surface area contributed by atoms with Crippen LogP contribution in [0, 0.1) is 11.8 Å². The van der Waals surface area contributed by atoms with Crippen molar-refractivity contribution in [2.45, 2.75) is 76.2 Å². The molecule has 0 aromatic carbocycles. The highest BCUT2D eigenvalue weighted by Gasteiger charge is 2.78. The molecule has 3 saturated heterocycles. The van der Waals surface area contributed by atoms with E-state index < -0.39 is 29.1 Å². The summed E-state index contributed by atoms with van der Waals surface area (Å²) < 4.78 is 6.51. The molecule has 3 unspecified atom stereocenters. The molecule has 0 aromatic rings. The van der Waals surface area contributed by atoms with E-state index in [9.17, 15) is 19.5 Å². The first-order valence-electron chi connectivity index (χ1n) is 10.4. The molecule has 1 spiro atoms. The number of carbonyl (C=O) groups excluding carboxylic acids is 3. The number of aliphatic hydroxyl groups excluding tert-OH is 1. The van der Waals surface area contributed by atoms with Gasteiger partial charge in [0.05, 0.1) is 24.0 Å². The summed E-state index contributed by atoms with van der Waals surface area (Å²) in [5.41, 5.74) is -1.71. The van der Waals surface area contributed by atoms with Crippen LogP contribution in [0.3, 0.4) is 0 Å². The van der Waals surface area contributed by atoms with E-state index in [1.807, 2.05) is 13.8 Å². The lowest BCUT2D eigenvalue weighted by molar-refractivity contribution is -0.148. The molecule has 2 bridgehead atoms. The quantitative estimate of drug-likeness (QED) is 0.544. The van der Waals surface area contributed by atoms with Gasteiger partial charge in [-0.1, -0.05) is 20.3 Å². The van der Waals surface area contributed by atoms with Crippen LogP contribution >= 0.6 is 0 Å². The topological polar surface area (TPSA) is 108 Å². The number of hydrogen-bond acceptors (Lipinski definition) is 5. The van der Waals surface area contributed by atoms with Crippen LogP contribution in [0.2, 0.25) is 0 Å². The van der Waals surface area contributed by atoms with Gasteiger partial charge in [-0.05, 0) is 32.6 Å². The van der Waals surface area contributed by atoms with Crippen LogP contribution in [-0.2, 0) is 19.1 Å². The van der Waals surface area contributed by atoms with Crippen molar-refractivity contribution < 1.29 is 24.2 Å². The molecule has 0 saturated carbocycles. The predicted molar refractivity (Wildman–Crippen MR) is 102 cm³/mol. The Labute approximate surface area is 166 Å². The van der Waals surface area contributed by atoms with Crippen molar-refractivity contribution in [1.29, 1.82) is 0 Å². The smallest absolute Gasteiger partial charge is 0.246 e. The molecule has 0 aliphatic carbocycles. The maximum atomic E-state index is 13.4. The minimum Gasteiger partial charge on any atom is -0.395 e. The number of β-amino-alcohol motifs (C(OH)–C–C–N with tert-alkyl or cyclic N) is 1. The van der Waals surface area contributed by atoms with Crippen molar-refractivity contribution in [3.63, 3.8) is 0 Å². The van der Waals surface area contributed by atoms with E-state index in [1.54, 1.807) is 7.05 Å².